The van der Waals surface area contributed by atoms with E-state index in [9.17, 15) is 0 Å². The number of nitrogens with one attached hydrogen (secondary N) is 1. The summed E-state index contributed by atoms with van der Waals surface area (Å²) in [7, 11) is 0. The third-order valence-corrected chi connectivity index (χ3v) is 3.87. The molecule has 1 saturated heterocycles. The Hall–Kier alpha value is -0.0800. The van der Waals surface area contributed by atoms with E-state index in [0.717, 1.165) is 23.9 Å². The Morgan fingerprint density at radius 1 is 1.24 bits per heavy atom. The van der Waals surface area contributed by atoms with Gasteiger partial charge in [-0.2, -0.15) is 0 Å². The predicted octanol–water partition coefficient (Wildman–Crippen LogP) is 3.13. The molecule has 102 valence electrons. The second-order valence-electron chi connectivity index (χ2n) is 6.36. The average molecular weight is 240 g/mol. The fourth-order valence-electron chi connectivity index (χ4n) is 3.16. The van der Waals surface area contributed by atoms with Gasteiger partial charge in [-0.25, -0.2) is 0 Å². The number of nitrogens with zero attached hydrogens (tertiary/aromatic N) is 1. The minimum atomic E-state index is 0.738. The van der Waals surface area contributed by atoms with Crippen molar-refractivity contribution in [3.63, 3.8) is 0 Å². The Labute approximate surface area is 108 Å². The second kappa shape index (κ2) is 7.38. The van der Waals surface area contributed by atoms with Gasteiger partial charge < -0.3 is 5.32 Å². The monoisotopic (exact) mass is 240 g/mol. The molecule has 0 aromatic rings. The van der Waals surface area contributed by atoms with Crippen LogP contribution >= 0.6 is 0 Å². The van der Waals surface area contributed by atoms with Gasteiger partial charge in [0.15, 0.2) is 0 Å². The normalized spacial score (nSPS) is 22.9. The van der Waals surface area contributed by atoms with E-state index < -0.39 is 0 Å². The summed E-state index contributed by atoms with van der Waals surface area (Å²) in [5, 5.41) is 3.64. The lowest BCUT2D eigenvalue weighted by Gasteiger charge is -2.36. The molecule has 0 aliphatic carbocycles. The van der Waals surface area contributed by atoms with Gasteiger partial charge in [0.05, 0.1) is 0 Å². The predicted molar refractivity (Wildman–Crippen MR) is 76.4 cm³/mol. The first-order valence-electron chi connectivity index (χ1n) is 7.52. The van der Waals surface area contributed by atoms with Gasteiger partial charge in [-0.15, -0.1) is 0 Å². The van der Waals surface area contributed by atoms with Crippen LogP contribution in [-0.4, -0.2) is 36.6 Å². The summed E-state index contributed by atoms with van der Waals surface area (Å²) in [5.74, 6) is 1.53. The molecule has 0 aromatic heterocycles. The molecule has 1 rings (SSSR count). The van der Waals surface area contributed by atoms with Gasteiger partial charge in [0.1, 0.15) is 0 Å². The van der Waals surface area contributed by atoms with Gasteiger partial charge in [-0.3, -0.25) is 4.90 Å². The van der Waals surface area contributed by atoms with E-state index in [1.165, 1.54) is 38.9 Å². The van der Waals surface area contributed by atoms with Gasteiger partial charge in [-0.1, -0.05) is 34.6 Å². The van der Waals surface area contributed by atoms with Crippen molar-refractivity contribution in [1.29, 1.82) is 0 Å². The molecular weight excluding hydrogens is 208 g/mol. The molecule has 1 aliphatic rings. The van der Waals surface area contributed by atoms with Crippen LogP contribution in [0.4, 0.5) is 0 Å². The Morgan fingerprint density at radius 3 is 2.35 bits per heavy atom. The average Bonchev–Trinajstić information content (AvgIpc) is 2.69. The molecule has 17 heavy (non-hydrogen) atoms. The summed E-state index contributed by atoms with van der Waals surface area (Å²) in [5.41, 5.74) is 0. The van der Waals surface area contributed by atoms with Crippen molar-refractivity contribution < 1.29 is 0 Å². The molecule has 1 N–H and O–H groups in total. The maximum Gasteiger partial charge on any atom is 0.0195 e. The van der Waals surface area contributed by atoms with Gasteiger partial charge in [0.25, 0.3) is 0 Å². The summed E-state index contributed by atoms with van der Waals surface area (Å²) in [6.45, 7) is 15.4. The lowest BCUT2D eigenvalue weighted by Crippen LogP contribution is -2.46. The zero-order valence-corrected chi connectivity index (χ0v) is 12.5. The minimum Gasteiger partial charge on any atom is -0.313 e. The van der Waals surface area contributed by atoms with Crippen LogP contribution in [-0.2, 0) is 0 Å². The Bertz CT molecular complexity index is 195. The maximum absolute atomic E-state index is 3.64. The highest BCUT2D eigenvalue weighted by Gasteiger charge is 2.25. The van der Waals surface area contributed by atoms with Crippen molar-refractivity contribution >= 4 is 0 Å². The van der Waals surface area contributed by atoms with Crippen LogP contribution < -0.4 is 5.32 Å². The molecule has 0 amide bonds. The molecule has 2 unspecified atom stereocenters. The third-order valence-electron chi connectivity index (χ3n) is 3.87. The first-order valence-corrected chi connectivity index (χ1v) is 7.52. The van der Waals surface area contributed by atoms with E-state index in [0.29, 0.717) is 0 Å². The lowest BCUT2D eigenvalue weighted by atomic mass is 9.97. The van der Waals surface area contributed by atoms with Crippen LogP contribution in [0.1, 0.15) is 53.9 Å². The lowest BCUT2D eigenvalue weighted by molar-refractivity contribution is 0.123. The number of hydrogen-bond donors (Lipinski definition) is 1. The second-order valence-corrected chi connectivity index (χ2v) is 6.36. The fourth-order valence-corrected chi connectivity index (χ4v) is 3.16. The van der Waals surface area contributed by atoms with E-state index in [1.54, 1.807) is 0 Å². The van der Waals surface area contributed by atoms with Crippen molar-refractivity contribution in [2.45, 2.75) is 66.0 Å². The molecular formula is C15H32N2. The maximum atomic E-state index is 3.64. The highest BCUT2D eigenvalue weighted by molar-refractivity contribution is 4.82. The number of rotatable bonds is 7. The fraction of sp³-hybridized carbons (Fsp3) is 1.00. The topological polar surface area (TPSA) is 15.3 Å². The van der Waals surface area contributed by atoms with Crippen molar-refractivity contribution in [2.24, 2.45) is 11.8 Å². The molecule has 1 heterocycles. The molecule has 0 bridgehead atoms. The van der Waals surface area contributed by atoms with Crippen LogP contribution in [0.2, 0.25) is 0 Å². The van der Waals surface area contributed by atoms with Crippen molar-refractivity contribution in [3.8, 4) is 0 Å². The zero-order chi connectivity index (χ0) is 12.8. The van der Waals surface area contributed by atoms with Crippen LogP contribution in [0.25, 0.3) is 0 Å². The van der Waals surface area contributed by atoms with E-state index in [-0.39, 0.29) is 0 Å². The smallest absolute Gasteiger partial charge is 0.0195 e. The van der Waals surface area contributed by atoms with Gasteiger partial charge in [-0.05, 0) is 37.6 Å². The summed E-state index contributed by atoms with van der Waals surface area (Å²) in [6.07, 6.45) is 4.00. The van der Waals surface area contributed by atoms with Crippen LogP contribution in [0.15, 0.2) is 0 Å². The number of hydrogen-bond acceptors (Lipinski definition) is 2. The minimum absolute atomic E-state index is 0.738. The third kappa shape index (κ3) is 4.97. The first-order chi connectivity index (χ1) is 8.04. The molecule has 1 aliphatic heterocycles. The zero-order valence-electron chi connectivity index (χ0n) is 12.5. The van der Waals surface area contributed by atoms with Crippen molar-refractivity contribution in [3.05, 3.63) is 0 Å². The quantitative estimate of drug-likeness (QED) is 0.735. The molecule has 2 heteroatoms. The van der Waals surface area contributed by atoms with Crippen LogP contribution in [0, 0.1) is 11.8 Å². The molecule has 0 radical (unpaired) electrons. The summed E-state index contributed by atoms with van der Waals surface area (Å²) >= 11 is 0. The van der Waals surface area contributed by atoms with Gasteiger partial charge in [0.2, 0.25) is 0 Å². The Morgan fingerprint density at radius 2 is 1.94 bits per heavy atom. The summed E-state index contributed by atoms with van der Waals surface area (Å²) in [4.78, 5) is 2.73. The molecule has 2 nitrogen and oxygen atoms in total. The Balaban J connectivity index is 2.56. The van der Waals surface area contributed by atoms with E-state index in [1.807, 2.05) is 0 Å². The summed E-state index contributed by atoms with van der Waals surface area (Å²) < 4.78 is 0. The Kier molecular flexibility index (Phi) is 6.50. The molecule has 2 atom stereocenters. The first kappa shape index (κ1) is 15.0. The van der Waals surface area contributed by atoms with Gasteiger partial charge in [0, 0.05) is 25.2 Å². The SMILES string of the molecule is CCC(C(C)C)N(CC(C)C)CC1CCCN1. The van der Waals surface area contributed by atoms with Crippen molar-refractivity contribution in [1.82, 2.24) is 10.2 Å². The van der Waals surface area contributed by atoms with E-state index >= 15 is 0 Å². The standard InChI is InChI=1S/C15H32N2/c1-6-15(13(4)5)17(10-12(2)3)11-14-8-7-9-16-14/h12-16H,6-11H2,1-5H3. The van der Waals surface area contributed by atoms with E-state index in [2.05, 4.69) is 44.8 Å². The molecule has 0 saturated carbocycles. The van der Waals surface area contributed by atoms with Crippen molar-refractivity contribution in [2.75, 3.05) is 19.6 Å². The molecule has 0 aromatic carbocycles. The molecule has 1 fully saturated rings. The van der Waals surface area contributed by atoms with Gasteiger partial charge >= 0.3 is 0 Å². The summed E-state index contributed by atoms with van der Waals surface area (Å²) in [6, 6.07) is 1.49. The van der Waals surface area contributed by atoms with E-state index in [4.69, 9.17) is 0 Å². The van der Waals surface area contributed by atoms with Crippen LogP contribution in [0.5, 0.6) is 0 Å². The largest absolute Gasteiger partial charge is 0.313 e. The highest BCUT2D eigenvalue weighted by Crippen LogP contribution is 2.18. The molecule has 0 spiro atoms. The van der Waals surface area contributed by atoms with Crippen LogP contribution in [0.3, 0.4) is 0 Å². The highest BCUT2D eigenvalue weighted by atomic mass is 15.2.